The van der Waals surface area contributed by atoms with Crippen LogP contribution in [0.15, 0.2) is 48.5 Å². The molecule has 2 aromatic rings. The van der Waals surface area contributed by atoms with Gasteiger partial charge in [-0.25, -0.2) is 0 Å². The number of hydrogen-bond acceptors (Lipinski definition) is 4. The summed E-state index contributed by atoms with van der Waals surface area (Å²) in [6.45, 7) is 4.69. The van der Waals surface area contributed by atoms with Crippen molar-refractivity contribution in [2.24, 2.45) is 0 Å². The molecule has 0 aromatic heterocycles. The van der Waals surface area contributed by atoms with Gasteiger partial charge in [-0.1, -0.05) is 38.1 Å². The van der Waals surface area contributed by atoms with E-state index >= 15 is 0 Å². The molecule has 0 radical (unpaired) electrons. The molecule has 0 saturated carbocycles. The van der Waals surface area contributed by atoms with Gasteiger partial charge in [-0.3, -0.25) is 9.59 Å². The van der Waals surface area contributed by atoms with Crippen molar-refractivity contribution >= 4 is 17.5 Å². The van der Waals surface area contributed by atoms with E-state index < -0.39 is 6.10 Å². The summed E-state index contributed by atoms with van der Waals surface area (Å²) in [6, 6.07) is 14.9. The topological polar surface area (TPSA) is 67.9 Å². The number of fused-ring (bicyclic) bond motifs is 1. The lowest BCUT2D eigenvalue weighted by Crippen LogP contribution is -2.51. The molecule has 0 bridgehead atoms. The minimum Gasteiger partial charge on any atom is -0.484 e. The largest absolute Gasteiger partial charge is 0.484 e. The van der Waals surface area contributed by atoms with Gasteiger partial charge in [-0.05, 0) is 42.7 Å². The zero-order valence-electron chi connectivity index (χ0n) is 16.3. The quantitative estimate of drug-likeness (QED) is 0.799. The standard InChI is InChI=1S/C22H26N2O4/c1-3-13-23-22(26)20-14-24(18-7-5-6-8-19(18)28-20)21(25)15-27-17-11-9-16(4-2)10-12-17/h5-12,20H,3-4,13-15H2,1-2H3,(H,23,26)/t20-/m1/s1. The SMILES string of the molecule is CCCNC(=O)[C@H]1CN(C(=O)COc2ccc(CC)cc2)c2ccccc2O1. The zero-order valence-corrected chi connectivity index (χ0v) is 16.3. The average molecular weight is 382 g/mol. The van der Waals surface area contributed by atoms with Crippen LogP contribution in [0.1, 0.15) is 25.8 Å². The second kappa shape index (κ2) is 9.26. The van der Waals surface area contributed by atoms with Crippen LogP contribution >= 0.6 is 0 Å². The molecule has 0 spiro atoms. The van der Waals surface area contributed by atoms with E-state index in [9.17, 15) is 9.59 Å². The van der Waals surface area contributed by atoms with Gasteiger partial charge in [0.25, 0.3) is 11.8 Å². The van der Waals surface area contributed by atoms with Gasteiger partial charge in [-0.2, -0.15) is 0 Å². The molecule has 1 aliphatic heterocycles. The fourth-order valence-corrected chi connectivity index (χ4v) is 3.01. The van der Waals surface area contributed by atoms with E-state index in [4.69, 9.17) is 9.47 Å². The zero-order chi connectivity index (χ0) is 19.9. The Bertz CT molecular complexity index is 820. The molecule has 2 aromatic carbocycles. The molecule has 3 rings (SSSR count). The van der Waals surface area contributed by atoms with Crippen LogP contribution in [0, 0.1) is 0 Å². The molecule has 1 aliphatic rings. The average Bonchev–Trinajstić information content (AvgIpc) is 2.75. The minimum absolute atomic E-state index is 0.108. The maximum absolute atomic E-state index is 12.9. The van der Waals surface area contributed by atoms with E-state index in [1.807, 2.05) is 49.4 Å². The van der Waals surface area contributed by atoms with Crippen LogP contribution in [-0.2, 0) is 16.0 Å². The number of para-hydroxylation sites is 2. The maximum Gasteiger partial charge on any atom is 0.265 e. The summed E-state index contributed by atoms with van der Waals surface area (Å²) < 4.78 is 11.5. The Kier molecular flexibility index (Phi) is 6.53. The van der Waals surface area contributed by atoms with E-state index in [-0.39, 0.29) is 25.0 Å². The highest BCUT2D eigenvalue weighted by molar-refractivity contribution is 5.98. The summed E-state index contributed by atoms with van der Waals surface area (Å²) in [4.78, 5) is 26.8. The predicted octanol–water partition coefficient (Wildman–Crippen LogP) is 2.95. The second-order valence-electron chi connectivity index (χ2n) is 6.66. The van der Waals surface area contributed by atoms with Gasteiger partial charge >= 0.3 is 0 Å². The van der Waals surface area contributed by atoms with E-state index in [2.05, 4.69) is 12.2 Å². The molecule has 0 fully saturated rings. The van der Waals surface area contributed by atoms with Gasteiger partial charge in [0.05, 0.1) is 12.2 Å². The van der Waals surface area contributed by atoms with Gasteiger partial charge in [-0.15, -0.1) is 0 Å². The molecule has 1 atom stereocenters. The Morgan fingerprint density at radius 1 is 1.14 bits per heavy atom. The lowest BCUT2D eigenvalue weighted by Gasteiger charge is -2.34. The first-order valence-electron chi connectivity index (χ1n) is 9.67. The third kappa shape index (κ3) is 4.63. The van der Waals surface area contributed by atoms with Gasteiger partial charge in [0.2, 0.25) is 0 Å². The van der Waals surface area contributed by atoms with Crippen molar-refractivity contribution in [3.05, 3.63) is 54.1 Å². The number of nitrogens with one attached hydrogen (secondary N) is 1. The van der Waals surface area contributed by atoms with Crippen LogP contribution in [0.3, 0.4) is 0 Å². The van der Waals surface area contributed by atoms with Crippen LogP contribution < -0.4 is 19.7 Å². The van der Waals surface area contributed by atoms with Crippen molar-refractivity contribution in [2.75, 3.05) is 24.6 Å². The monoisotopic (exact) mass is 382 g/mol. The number of carbonyl (C=O) groups is 2. The summed E-state index contributed by atoms with van der Waals surface area (Å²) in [7, 11) is 0. The maximum atomic E-state index is 12.9. The Labute approximate surface area is 165 Å². The summed E-state index contributed by atoms with van der Waals surface area (Å²) >= 11 is 0. The third-order valence-corrected chi connectivity index (χ3v) is 4.61. The molecule has 1 heterocycles. The molecule has 6 nitrogen and oxygen atoms in total. The molecular weight excluding hydrogens is 356 g/mol. The summed E-state index contributed by atoms with van der Waals surface area (Å²) in [5, 5.41) is 2.83. The number of hydrogen-bond donors (Lipinski definition) is 1. The van der Waals surface area contributed by atoms with Crippen molar-refractivity contribution < 1.29 is 19.1 Å². The lowest BCUT2D eigenvalue weighted by molar-refractivity contribution is -0.128. The highest BCUT2D eigenvalue weighted by Crippen LogP contribution is 2.33. The molecule has 6 heteroatoms. The highest BCUT2D eigenvalue weighted by atomic mass is 16.5. The number of amides is 2. The van der Waals surface area contributed by atoms with Crippen molar-refractivity contribution in [1.82, 2.24) is 5.32 Å². The summed E-state index contributed by atoms with van der Waals surface area (Å²) in [5.74, 6) is 0.726. The fraction of sp³-hybridized carbons (Fsp3) is 0.364. The Hall–Kier alpha value is -3.02. The number of anilines is 1. The van der Waals surface area contributed by atoms with Crippen LogP contribution in [0.4, 0.5) is 5.69 Å². The van der Waals surface area contributed by atoms with Crippen LogP contribution in [0.25, 0.3) is 0 Å². The number of benzene rings is 2. The van der Waals surface area contributed by atoms with Crippen molar-refractivity contribution in [3.8, 4) is 11.5 Å². The predicted molar refractivity (Wildman–Crippen MR) is 108 cm³/mol. The molecule has 2 amide bonds. The van der Waals surface area contributed by atoms with E-state index in [1.54, 1.807) is 11.0 Å². The minimum atomic E-state index is -0.741. The number of aryl methyl sites for hydroxylation is 1. The summed E-state index contributed by atoms with van der Waals surface area (Å²) in [5.41, 5.74) is 1.86. The van der Waals surface area contributed by atoms with E-state index in [0.717, 1.165) is 12.8 Å². The van der Waals surface area contributed by atoms with Crippen LogP contribution in [0.2, 0.25) is 0 Å². The second-order valence-corrected chi connectivity index (χ2v) is 6.66. The molecule has 28 heavy (non-hydrogen) atoms. The van der Waals surface area contributed by atoms with Gasteiger partial charge in [0.1, 0.15) is 11.5 Å². The number of carbonyl (C=O) groups excluding carboxylic acids is 2. The van der Waals surface area contributed by atoms with Gasteiger partial charge in [0, 0.05) is 6.54 Å². The highest BCUT2D eigenvalue weighted by Gasteiger charge is 2.33. The molecule has 0 unspecified atom stereocenters. The third-order valence-electron chi connectivity index (χ3n) is 4.61. The first-order chi connectivity index (χ1) is 13.6. The van der Waals surface area contributed by atoms with Crippen LogP contribution in [0.5, 0.6) is 11.5 Å². The van der Waals surface area contributed by atoms with Gasteiger partial charge in [0.15, 0.2) is 12.7 Å². The lowest BCUT2D eigenvalue weighted by atomic mass is 10.1. The number of nitrogens with zero attached hydrogens (tertiary/aromatic N) is 1. The molecule has 148 valence electrons. The van der Waals surface area contributed by atoms with Crippen LogP contribution in [-0.4, -0.2) is 37.6 Å². The summed E-state index contributed by atoms with van der Waals surface area (Å²) in [6.07, 6.45) is 1.04. The van der Waals surface area contributed by atoms with Crippen molar-refractivity contribution in [3.63, 3.8) is 0 Å². The number of rotatable bonds is 7. The normalized spacial score (nSPS) is 15.4. The number of ether oxygens (including phenoxy) is 2. The van der Waals surface area contributed by atoms with E-state index in [1.165, 1.54) is 5.56 Å². The Morgan fingerprint density at radius 3 is 2.61 bits per heavy atom. The molecular formula is C22H26N2O4. The van der Waals surface area contributed by atoms with Crippen molar-refractivity contribution in [1.29, 1.82) is 0 Å². The van der Waals surface area contributed by atoms with Gasteiger partial charge < -0.3 is 19.7 Å². The molecule has 1 N–H and O–H groups in total. The first kappa shape index (κ1) is 19.7. The Morgan fingerprint density at radius 2 is 1.89 bits per heavy atom. The smallest absolute Gasteiger partial charge is 0.265 e. The fourth-order valence-electron chi connectivity index (χ4n) is 3.01. The molecule has 0 aliphatic carbocycles. The first-order valence-corrected chi connectivity index (χ1v) is 9.67. The molecule has 0 saturated heterocycles. The van der Waals surface area contributed by atoms with Crippen molar-refractivity contribution in [2.45, 2.75) is 32.8 Å². The Balaban J connectivity index is 1.70. The van der Waals surface area contributed by atoms with E-state index in [0.29, 0.717) is 23.7 Å².